The predicted octanol–water partition coefficient (Wildman–Crippen LogP) is 5.97. The van der Waals surface area contributed by atoms with Gasteiger partial charge in [-0.3, -0.25) is 13.9 Å². The number of halogens is 3. The number of hydrogen-bond acceptors (Lipinski definition) is 4. The number of nitrogens with one attached hydrogen (secondary N) is 1. The van der Waals surface area contributed by atoms with Gasteiger partial charge in [0.2, 0.25) is 11.8 Å². The summed E-state index contributed by atoms with van der Waals surface area (Å²) in [7, 11) is -4.30. The Morgan fingerprint density at radius 3 is 2.10 bits per heavy atom. The number of sulfonamides is 1. The third-order valence-corrected chi connectivity index (χ3v) is 8.82. The summed E-state index contributed by atoms with van der Waals surface area (Å²) >= 11 is 12.8. The van der Waals surface area contributed by atoms with Gasteiger partial charge < -0.3 is 10.2 Å². The summed E-state index contributed by atoms with van der Waals surface area (Å²) in [4.78, 5) is 28.3. The molecule has 0 saturated heterocycles. The van der Waals surface area contributed by atoms with E-state index < -0.39 is 34.3 Å². The average Bonchev–Trinajstić information content (AvgIpc) is 2.92. The normalized spacial score (nSPS) is 12.1. The molecule has 0 heterocycles. The summed E-state index contributed by atoms with van der Waals surface area (Å²) in [6, 6.07) is 15.0. The largest absolute Gasteiger partial charge is 0.354 e. The predicted molar refractivity (Wildman–Crippen MR) is 157 cm³/mol. The summed E-state index contributed by atoms with van der Waals surface area (Å²) in [5, 5.41) is 3.44. The van der Waals surface area contributed by atoms with E-state index in [1.54, 1.807) is 49.4 Å². The van der Waals surface area contributed by atoms with Crippen molar-refractivity contribution in [3.63, 3.8) is 0 Å². The van der Waals surface area contributed by atoms with Gasteiger partial charge >= 0.3 is 0 Å². The third kappa shape index (κ3) is 7.53. The fraction of sp³-hybridized carbons (Fsp3) is 0.310. The minimum Gasteiger partial charge on any atom is -0.354 e. The minimum absolute atomic E-state index is 0.117. The van der Waals surface area contributed by atoms with E-state index in [-0.39, 0.29) is 29.5 Å². The summed E-state index contributed by atoms with van der Waals surface area (Å²) in [6.45, 7) is 5.20. The first kappa shape index (κ1) is 31.4. The van der Waals surface area contributed by atoms with Crippen LogP contribution in [0, 0.1) is 12.7 Å². The third-order valence-electron chi connectivity index (χ3n) is 6.33. The summed E-state index contributed by atoms with van der Waals surface area (Å²) in [5.41, 5.74) is 1.56. The summed E-state index contributed by atoms with van der Waals surface area (Å²) in [5.74, 6) is -1.60. The number of carbonyl (C=O) groups excluding carboxylic acids is 2. The fourth-order valence-electron chi connectivity index (χ4n) is 4.11. The molecule has 0 bridgehead atoms. The van der Waals surface area contributed by atoms with Gasteiger partial charge in [-0.15, -0.1) is 0 Å². The van der Waals surface area contributed by atoms with Crippen molar-refractivity contribution < 1.29 is 22.4 Å². The Labute approximate surface area is 244 Å². The van der Waals surface area contributed by atoms with E-state index in [9.17, 15) is 22.4 Å². The number of benzene rings is 3. The topological polar surface area (TPSA) is 86.8 Å². The van der Waals surface area contributed by atoms with Crippen LogP contribution in [0.1, 0.15) is 37.8 Å². The first-order chi connectivity index (χ1) is 19.0. The Bertz CT molecular complexity index is 1410. The van der Waals surface area contributed by atoms with Crippen molar-refractivity contribution in [2.75, 3.05) is 17.4 Å². The molecule has 11 heteroatoms. The zero-order valence-corrected chi connectivity index (χ0v) is 24.9. The van der Waals surface area contributed by atoms with Gasteiger partial charge in [-0.2, -0.15) is 0 Å². The molecule has 0 aliphatic heterocycles. The monoisotopic (exact) mass is 607 g/mol. The molecule has 3 rings (SSSR count). The molecule has 0 aliphatic carbocycles. The molecular weight excluding hydrogens is 576 g/mol. The molecule has 0 fully saturated rings. The maximum Gasteiger partial charge on any atom is 0.264 e. The standard InChI is InChI=1S/C29H32Cl2FN3O4S/c1-4-17-33-29(37)27(5-2)34(18-24-25(30)7-6-8-26(24)31)28(36)19-35(22-13-9-20(3)10-14-22)40(38,39)23-15-11-21(32)12-16-23/h6-16,27H,4-5,17-19H2,1-3H3,(H,33,37)/t27-/m0/s1. The molecule has 0 unspecified atom stereocenters. The summed E-state index contributed by atoms with van der Waals surface area (Å²) in [6.07, 6.45) is 0.960. The van der Waals surface area contributed by atoms with Crippen LogP contribution in [0.3, 0.4) is 0 Å². The highest BCUT2D eigenvalue weighted by molar-refractivity contribution is 7.92. The fourth-order valence-corrected chi connectivity index (χ4v) is 6.04. The van der Waals surface area contributed by atoms with Gasteiger partial charge in [-0.25, -0.2) is 12.8 Å². The maximum atomic E-state index is 14.0. The van der Waals surface area contributed by atoms with Crippen LogP contribution in [-0.4, -0.2) is 44.3 Å². The molecule has 0 radical (unpaired) electrons. The zero-order chi connectivity index (χ0) is 29.4. The van der Waals surface area contributed by atoms with Crippen molar-refractivity contribution in [1.29, 1.82) is 0 Å². The Balaban J connectivity index is 2.08. The molecule has 1 atom stereocenters. The van der Waals surface area contributed by atoms with E-state index >= 15 is 0 Å². The Morgan fingerprint density at radius 2 is 1.55 bits per heavy atom. The highest BCUT2D eigenvalue weighted by atomic mass is 35.5. The molecule has 0 aromatic heterocycles. The van der Waals surface area contributed by atoms with Crippen molar-refractivity contribution in [2.24, 2.45) is 0 Å². The van der Waals surface area contributed by atoms with E-state index in [1.807, 2.05) is 13.8 Å². The van der Waals surface area contributed by atoms with Crippen molar-refractivity contribution >= 4 is 50.7 Å². The van der Waals surface area contributed by atoms with E-state index in [2.05, 4.69) is 5.32 Å². The first-order valence-electron chi connectivity index (χ1n) is 12.8. The number of carbonyl (C=O) groups is 2. The van der Waals surface area contributed by atoms with Crippen LogP contribution in [0.2, 0.25) is 10.0 Å². The maximum absolute atomic E-state index is 14.0. The van der Waals surface area contributed by atoms with E-state index in [4.69, 9.17) is 23.2 Å². The Kier molecular flexibility index (Phi) is 11.0. The molecule has 1 N–H and O–H groups in total. The smallest absolute Gasteiger partial charge is 0.264 e. The van der Waals surface area contributed by atoms with Gasteiger partial charge in [0.25, 0.3) is 10.0 Å². The van der Waals surface area contributed by atoms with Gasteiger partial charge in [0, 0.05) is 28.7 Å². The summed E-state index contributed by atoms with van der Waals surface area (Å²) < 4.78 is 42.1. The van der Waals surface area contributed by atoms with Crippen LogP contribution < -0.4 is 9.62 Å². The molecule has 3 aromatic carbocycles. The second kappa shape index (κ2) is 14.0. The number of nitrogens with zero attached hydrogens (tertiary/aromatic N) is 2. The van der Waals surface area contributed by atoms with Gasteiger partial charge in [0.1, 0.15) is 18.4 Å². The van der Waals surface area contributed by atoms with E-state index in [1.165, 1.54) is 4.90 Å². The zero-order valence-electron chi connectivity index (χ0n) is 22.5. The highest BCUT2D eigenvalue weighted by Gasteiger charge is 2.34. The highest BCUT2D eigenvalue weighted by Crippen LogP contribution is 2.29. The molecular formula is C29H32Cl2FN3O4S. The number of aryl methyl sites for hydroxylation is 1. The van der Waals surface area contributed by atoms with Gasteiger partial charge in [-0.1, -0.05) is 60.8 Å². The van der Waals surface area contributed by atoms with Gasteiger partial charge in [0.15, 0.2) is 0 Å². The number of amides is 2. The molecule has 2 amide bonds. The van der Waals surface area contributed by atoms with Gasteiger partial charge in [0.05, 0.1) is 10.6 Å². The van der Waals surface area contributed by atoms with Crippen LogP contribution >= 0.6 is 23.2 Å². The van der Waals surface area contributed by atoms with Crippen LogP contribution in [0.4, 0.5) is 10.1 Å². The van der Waals surface area contributed by atoms with Crippen molar-refractivity contribution in [3.8, 4) is 0 Å². The quantitative estimate of drug-likeness (QED) is 0.275. The van der Waals surface area contributed by atoms with Crippen molar-refractivity contribution in [3.05, 3.63) is 93.7 Å². The number of rotatable bonds is 12. The number of anilines is 1. The SMILES string of the molecule is CCCNC(=O)[C@H](CC)N(Cc1c(Cl)cccc1Cl)C(=O)CN(c1ccc(C)cc1)S(=O)(=O)c1ccc(F)cc1. The molecule has 3 aromatic rings. The van der Waals surface area contributed by atoms with E-state index in [0.717, 1.165) is 34.1 Å². The van der Waals surface area contributed by atoms with Crippen LogP contribution in [0.15, 0.2) is 71.6 Å². The first-order valence-corrected chi connectivity index (χ1v) is 15.0. The lowest BCUT2D eigenvalue weighted by molar-refractivity contribution is -0.140. The molecule has 214 valence electrons. The molecule has 7 nitrogen and oxygen atoms in total. The Hall–Kier alpha value is -3.14. The Morgan fingerprint density at radius 1 is 0.950 bits per heavy atom. The average molecular weight is 609 g/mol. The van der Waals surface area contributed by atoms with Crippen LogP contribution in [-0.2, 0) is 26.2 Å². The lowest BCUT2D eigenvalue weighted by atomic mass is 10.1. The molecule has 0 spiro atoms. The lowest BCUT2D eigenvalue weighted by Gasteiger charge is -2.33. The van der Waals surface area contributed by atoms with Crippen LogP contribution in [0.5, 0.6) is 0 Å². The van der Waals surface area contributed by atoms with Crippen molar-refractivity contribution in [1.82, 2.24) is 10.2 Å². The minimum atomic E-state index is -4.30. The van der Waals surface area contributed by atoms with E-state index in [0.29, 0.717) is 28.6 Å². The molecule has 0 saturated carbocycles. The van der Waals surface area contributed by atoms with Crippen molar-refractivity contribution in [2.45, 2.75) is 51.1 Å². The second-order valence-corrected chi connectivity index (χ2v) is 11.9. The van der Waals surface area contributed by atoms with Crippen LogP contribution in [0.25, 0.3) is 0 Å². The second-order valence-electron chi connectivity index (χ2n) is 9.24. The molecule has 0 aliphatic rings. The molecule has 40 heavy (non-hydrogen) atoms. The van der Waals surface area contributed by atoms with Gasteiger partial charge in [-0.05, 0) is 68.3 Å². The number of hydrogen-bond donors (Lipinski definition) is 1. The lowest BCUT2D eigenvalue weighted by Crippen LogP contribution is -2.52.